The summed E-state index contributed by atoms with van der Waals surface area (Å²) in [6.07, 6.45) is 0. The number of thiophene rings is 1. The summed E-state index contributed by atoms with van der Waals surface area (Å²) >= 11 is 1.53. The van der Waals surface area contributed by atoms with Gasteiger partial charge >= 0.3 is 5.97 Å². The Balaban J connectivity index is 2.24. The number of amides is 1. The summed E-state index contributed by atoms with van der Waals surface area (Å²) < 4.78 is 1.64. The number of fused-ring (bicyclic) bond motifs is 1. The van der Waals surface area contributed by atoms with E-state index in [2.05, 4.69) is 10.1 Å². The summed E-state index contributed by atoms with van der Waals surface area (Å²) in [5, 5.41) is 16.4. The molecule has 0 atom stereocenters. The standard InChI is InChI=1S/C18H20N4O3S/c1-10-14-11(16(23)21(4)18(2,3)17(24)25)9-12(13-7-6-8-26-13)19-15(14)22(5)20-10/h6-9H,1-5H3,(H,24,25). The third-order valence-electron chi connectivity index (χ3n) is 4.64. The molecule has 3 aromatic rings. The molecule has 1 amide bonds. The zero-order valence-corrected chi connectivity index (χ0v) is 16.1. The molecule has 0 aliphatic carbocycles. The Bertz CT molecular complexity index is 1010. The van der Waals surface area contributed by atoms with E-state index < -0.39 is 11.5 Å². The summed E-state index contributed by atoms with van der Waals surface area (Å²) in [5.74, 6) is -1.45. The molecule has 8 heteroatoms. The van der Waals surface area contributed by atoms with Crippen molar-refractivity contribution in [1.82, 2.24) is 19.7 Å². The monoisotopic (exact) mass is 372 g/mol. The second-order valence-electron chi connectivity index (χ2n) is 6.67. The second kappa shape index (κ2) is 6.21. The first-order chi connectivity index (χ1) is 12.1. The lowest BCUT2D eigenvalue weighted by Gasteiger charge is -2.31. The molecule has 0 aliphatic rings. The van der Waals surface area contributed by atoms with Crippen molar-refractivity contribution in [2.45, 2.75) is 26.3 Å². The van der Waals surface area contributed by atoms with Crippen molar-refractivity contribution in [2.24, 2.45) is 7.05 Å². The molecule has 0 aliphatic heterocycles. The largest absolute Gasteiger partial charge is 0.480 e. The number of aromatic nitrogens is 3. The van der Waals surface area contributed by atoms with Crippen LogP contribution in [-0.2, 0) is 11.8 Å². The van der Waals surface area contributed by atoms with Gasteiger partial charge in [-0.2, -0.15) is 5.10 Å². The molecule has 0 saturated heterocycles. The van der Waals surface area contributed by atoms with Crippen molar-refractivity contribution < 1.29 is 14.7 Å². The summed E-state index contributed by atoms with van der Waals surface area (Å²) in [7, 11) is 3.28. The van der Waals surface area contributed by atoms with Crippen LogP contribution in [-0.4, -0.2) is 49.2 Å². The van der Waals surface area contributed by atoms with E-state index in [4.69, 9.17) is 0 Å². The fraction of sp³-hybridized carbons (Fsp3) is 0.333. The topological polar surface area (TPSA) is 88.3 Å². The van der Waals surface area contributed by atoms with Crippen LogP contribution < -0.4 is 0 Å². The minimum absolute atomic E-state index is 0.376. The molecule has 7 nitrogen and oxygen atoms in total. The highest BCUT2D eigenvalue weighted by molar-refractivity contribution is 7.13. The second-order valence-corrected chi connectivity index (χ2v) is 7.62. The van der Waals surface area contributed by atoms with Crippen molar-refractivity contribution in [1.29, 1.82) is 0 Å². The lowest BCUT2D eigenvalue weighted by molar-refractivity contribution is -0.147. The minimum Gasteiger partial charge on any atom is -0.480 e. The van der Waals surface area contributed by atoms with Crippen molar-refractivity contribution in [3.05, 3.63) is 34.8 Å². The maximum absolute atomic E-state index is 13.2. The maximum Gasteiger partial charge on any atom is 0.329 e. The number of carboxylic acid groups (broad SMARTS) is 1. The molecule has 3 heterocycles. The quantitative estimate of drug-likeness (QED) is 0.761. The van der Waals surface area contributed by atoms with Gasteiger partial charge in [0.1, 0.15) is 5.54 Å². The lowest BCUT2D eigenvalue weighted by atomic mass is 10.0. The first kappa shape index (κ1) is 18.1. The predicted octanol–water partition coefficient (Wildman–Crippen LogP) is 2.94. The van der Waals surface area contributed by atoms with Gasteiger partial charge < -0.3 is 10.0 Å². The van der Waals surface area contributed by atoms with Crippen LogP contribution in [0.25, 0.3) is 21.6 Å². The molecular weight excluding hydrogens is 352 g/mol. The third kappa shape index (κ3) is 2.76. The van der Waals surface area contributed by atoms with Crippen LogP contribution in [0.1, 0.15) is 29.9 Å². The number of aryl methyl sites for hydroxylation is 2. The highest BCUT2D eigenvalue weighted by Gasteiger charge is 2.36. The number of carboxylic acids is 1. The van der Waals surface area contributed by atoms with Gasteiger partial charge in [0.05, 0.1) is 27.2 Å². The van der Waals surface area contributed by atoms with E-state index in [0.717, 1.165) is 4.88 Å². The number of pyridine rings is 1. The molecular formula is C18H20N4O3S. The number of rotatable bonds is 4. The van der Waals surface area contributed by atoms with Gasteiger partial charge in [-0.15, -0.1) is 11.3 Å². The van der Waals surface area contributed by atoms with Gasteiger partial charge in [-0.05, 0) is 38.3 Å². The van der Waals surface area contributed by atoms with Crippen molar-refractivity contribution in [3.63, 3.8) is 0 Å². The molecule has 26 heavy (non-hydrogen) atoms. The Morgan fingerprint density at radius 3 is 2.62 bits per heavy atom. The molecule has 1 N–H and O–H groups in total. The zero-order chi connectivity index (χ0) is 19.2. The van der Waals surface area contributed by atoms with Gasteiger partial charge in [0.2, 0.25) is 0 Å². The van der Waals surface area contributed by atoms with Crippen LogP contribution in [0.5, 0.6) is 0 Å². The first-order valence-corrected chi connectivity index (χ1v) is 8.92. The third-order valence-corrected chi connectivity index (χ3v) is 5.53. The molecule has 0 unspecified atom stereocenters. The van der Waals surface area contributed by atoms with Gasteiger partial charge in [-0.3, -0.25) is 9.48 Å². The molecule has 0 aromatic carbocycles. The van der Waals surface area contributed by atoms with Crippen LogP contribution in [0.15, 0.2) is 23.6 Å². The number of hydrogen-bond acceptors (Lipinski definition) is 5. The Morgan fingerprint density at radius 2 is 2.04 bits per heavy atom. The molecule has 0 radical (unpaired) electrons. The van der Waals surface area contributed by atoms with E-state index in [1.54, 1.807) is 17.8 Å². The van der Waals surface area contributed by atoms with Crippen LogP contribution in [0, 0.1) is 6.92 Å². The lowest BCUT2D eigenvalue weighted by Crippen LogP contribution is -2.50. The number of carbonyl (C=O) groups excluding carboxylic acids is 1. The van der Waals surface area contributed by atoms with Crippen LogP contribution in [0.4, 0.5) is 0 Å². The van der Waals surface area contributed by atoms with Crippen LogP contribution >= 0.6 is 11.3 Å². The average Bonchev–Trinajstić information content (AvgIpc) is 3.21. The zero-order valence-electron chi connectivity index (χ0n) is 15.3. The van der Waals surface area contributed by atoms with Crippen molar-refractivity contribution >= 4 is 34.2 Å². The fourth-order valence-electron chi connectivity index (χ4n) is 2.74. The van der Waals surface area contributed by atoms with Crippen molar-refractivity contribution in [2.75, 3.05) is 7.05 Å². The van der Waals surface area contributed by atoms with E-state index in [1.807, 2.05) is 24.4 Å². The fourth-order valence-corrected chi connectivity index (χ4v) is 3.43. The predicted molar refractivity (Wildman–Crippen MR) is 100 cm³/mol. The van der Waals surface area contributed by atoms with E-state index in [-0.39, 0.29) is 5.91 Å². The van der Waals surface area contributed by atoms with Gasteiger partial charge in [-0.25, -0.2) is 9.78 Å². The Hall–Kier alpha value is -2.74. The Kier molecular flexibility index (Phi) is 4.31. The van der Waals surface area contributed by atoms with E-state index >= 15 is 0 Å². The van der Waals surface area contributed by atoms with Crippen LogP contribution in [0.3, 0.4) is 0 Å². The molecule has 3 rings (SSSR count). The van der Waals surface area contributed by atoms with Gasteiger partial charge in [0, 0.05) is 14.1 Å². The van der Waals surface area contributed by atoms with Crippen LogP contribution in [0.2, 0.25) is 0 Å². The molecule has 0 bridgehead atoms. The molecule has 3 aromatic heterocycles. The highest BCUT2D eigenvalue weighted by Crippen LogP contribution is 2.30. The number of hydrogen-bond donors (Lipinski definition) is 1. The van der Waals surface area contributed by atoms with Gasteiger partial charge in [0.25, 0.3) is 5.91 Å². The normalized spacial score (nSPS) is 11.7. The summed E-state index contributed by atoms with van der Waals surface area (Å²) in [4.78, 5) is 31.6. The first-order valence-electron chi connectivity index (χ1n) is 8.04. The molecule has 0 spiro atoms. The Morgan fingerprint density at radius 1 is 1.35 bits per heavy atom. The minimum atomic E-state index is -1.34. The number of aliphatic carboxylic acids is 1. The smallest absolute Gasteiger partial charge is 0.329 e. The average molecular weight is 372 g/mol. The van der Waals surface area contributed by atoms with Gasteiger partial charge in [-0.1, -0.05) is 6.07 Å². The summed E-state index contributed by atoms with van der Waals surface area (Å²) in [6, 6.07) is 5.57. The highest BCUT2D eigenvalue weighted by atomic mass is 32.1. The summed E-state index contributed by atoms with van der Waals surface area (Å²) in [6.45, 7) is 4.82. The van der Waals surface area contributed by atoms with E-state index in [1.165, 1.54) is 37.1 Å². The maximum atomic E-state index is 13.2. The van der Waals surface area contributed by atoms with E-state index in [9.17, 15) is 14.7 Å². The number of likely N-dealkylation sites (N-methyl/N-ethyl adjacent to an activating group) is 1. The molecule has 0 fully saturated rings. The number of nitrogens with zero attached hydrogens (tertiary/aromatic N) is 4. The SMILES string of the molecule is Cc1nn(C)c2nc(-c3cccs3)cc(C(=O)N(C)C(C)(C)C(=O)O)c12. The molecule has 0 saturated carbocycles. The van der Waals surface area contributed by atoms with Gasteiger partial charge in [0.15, 0.2) is 5.65 Å². The Labute approximate surface area is 154 Å². The van der Waals surface area contributed by atoms with Crippen molar-refractivity contribution in [3.8, 4) is 10.6 Å². The van der Waals surface area contributed by atoms with E-state index in [0.29, 0.717) is 28.0 Å². The number of carbonyl (C=O) groups is 2. The summed E-state index contributed by atoms with van der Waals surface area (Å²) in [5.41, 5.74) is 1.00. The molecule has 136 valence electrons.